The van der Waals surface area contributed by atoms with Crippen LogP contribution in [0.15, 0.2) is 36.4 Å². The van der Waals surface area contributed by atoms with E-state index in [4.69, 9.17) is 0 Å². The lowest BCUT2D eigenvalue weighted by molar-refractivity contribution is 0.0813. The lowest BCUT2D eigenvalue weighted by Crippen LogP contribution is -2.20. The van der Waals surface area contributed by atoms with Gasteiger partial charge in [0.15, 0.2) is 6.29 Å². The van der Waals surface area contributed by atoms with Crippen LogP contribution in [-0.4, -0.2) is 33.8 Å². The van der Waals surface area contributed by atoms with Crippen LogP contribution in [0.3, 0.4) is 0 Å². The van der Waals surface area contributed by atoms with E-state index >= 15 is 0 Å². The molecule has 0 saturated heterocycles. The zero-order valence-corrected chi connectivity index (χ0v) is 10.0. The number of carbonyl (C=O) groups is 1. The minimum Gasteiger partial charge on any atom is -0.507 e. The molecule has 0 spiro atoms. The number of benzene rings is 1. The first-order valence-corrected chi connectivity index (χ1v) is 5.54. The fraction of sp³-hybridized carbons (Fsp3) is 0.214. The number of allylic oxidation sites excluding steroid dienone is 1. The van der Waals surface area contributed by atoms with Gasteiger partial charge in [-0.15, -0.1) is 0 Å². The van der Waals surface area contributed by atoms with Crippen LogP contribution in [0.25, 0.3) is 6.08 Å². The molecule has 18 heavy (non-hydrogen) atoms. The standard InChI is InChI=1S/C14H16O4/c1-2-4-13(17)14(18)8-7-10-5-3-6-12(16)11(10)9-15/h2-9,13-14,16-18H,1H3/b4-2+,8-7+/t13-,14+/m0/s1. The highest BCUT2D eigenvalue weighted by Crippen LogP contribution is 2.20. The third-order valence-corrected chi connectivity index (χ3v) is 2.45. The van der Waals surface area contributed by atoms with E-state index in [1.54, 1.807) is 25.1 Å². The van der Waals surface area contributed by atoms with E-state index in [0.717, 1.165) is 0 Å². The topological polar surface area (TPSA) is 77.8 Å². The SMILES string of the molecule is C/C=C/[C@H](O)[C@H](O)/C=C/c1cccc(O)c1C=O. The van der Waals surface area contributed by atoms with Crippen molar-refractivity contribution in [2.45, 2.75) is 19.1 Å². The van der Waals surface area contributed by atoms with E-state index in [1.807, 2.05) is 0 Å². The van der Waals surface area contributed by atoms with Crippen molar-refractivity contribution in [3.8, 4) is 5.75 Å². The molecule has 2 atom stereocenters. The molecule has 96 valence electrons. The summed E-state index contributed by atoms with van der Waals surface area (Å²) >= 11 is 0. The van der Waals surface area contributed by atoms with Crippen LogP contribution < -0.4 is 0 Å². The van der Waals surface area contributed by atoms with Gasteiger partial charge in [0, 0.05) is 0 Å². The molecule has 0 heterocycles. The smallest absolute Gasteiger partial charge is 0.154 e. The average Bonchev–Trinajstić information content (AvgIpc) is 2.36. The van der Waals surface area contributed by atoms with Crippen molar-refractivity contribution >= 4 is 12.4 Å². The van der Waals surface area contributed by atoms with E-state index in [1.165, 1.54) is 24.3 Å². The summed E-state index contributed by atoms with van der Waals surface area (Å²) in [6.45, 7) is 1.74. The van der Waals surface area contributed by atoms with Crippen LogP contribution in [0.2, 0.25) is 0 Å². The first-order chi connectivity index (χ1) is 8.60. The summed E-state index contributed by atoms with van der Waals surface area (Å²) in [7, 11) is 0. The summed E-state index contributed by atoms with van der Waals surface area (Å²) in [5.74, 6) is -0.115. The Bertz CT molecular complexity index is 463. The van der Waals surface area contributed by atoms with Gasteiger partial charge < -0.3 is 15.3 Å². The van der Waals surface area contributed by atoms with Gasteiger partial charge in [0.2, 0.25) is 0 Å². The number of rotatable bonds is 5. The Hall–Kier alpha value is -1.91. The normalized spacial score (nSPS) is 15.1. The third-order valence-electron chi connectivity index (χ3n) is 2.45. The van der Waals surface area contributed by atoms with Crippen LogP contribution in [-0.2, 0) is 0 Å². The van der Waals surface area contributed by atoms with Gasteiger partial charge in [-0.05, 0) is 18.6 Å². The third kappa shape index (κ3) is 3.55. The molecule has 1 aromatic rings. The Labute approximate surface area is 106 Å². The Morgan fingerprint density at radius 2 is 1.83 bits per heavy atom. The highest BCUT2D eigenvalue weighted by molar-refractivity contribution is 5.85. The number of aliphatic hydroxyl groups is 2. The molecule has 0 bridgehead atoms. The molecule has 3 N–H and O–H groups in total. The number of aliphatic hydroxyl groups excluding tert-OH is 2. The molecule has 0 radical (unpaired) electrons. The van der Waals surface area contributed by atoms with E-state index in [0.29, 0.717) is 11.8 Å². The summed E-state index contributed by atoms with van der Waals surface area (Å²) in [6, 6.07) is 4.64. The van der Waals surface area contributed by atoms with Crippen molar-refractivity contribution in [1.82, 2.24) is 0 Å². The van der Waals surface area contributed by atoms with Gasteiger partial charge in [0.05, 0.1) is 5.56 Å². The first-order valence-electron chi connectivity index (χ1n) is 5.54. The molecule has 0 aliphatic carbocycles. The number of aldehydes is 1. The maximum absolute atomic E-state index is 10.8. The number of phenolic OH excluding ortho intramolecular Hbond substituents is 1. The molecule has 0 aromatic heterocycles. The van der Waals surface area contributed by atoms with Gasteiger partial charge in [-0.3, -0.25) is 4.79 Å². The molecule has 1 rings (SSSR count). The zero-order chi connectivity index (χ0) is 13.5. The molecule has 4 nitrogen and oxygen atoms in total. The number of phenols is 1. The largest absolute Gasteiger partial charge is 0.507 e. The fourth-order valence-corrected chi connectivity index (χ4v) is 1.47. The summed E-state index contributed by atoms with van der Waals surface area (Å²) in [5, 5.41) is 28.5. The van der Waals surface area contributed by atoms with E-state index in [2.05, 4.69) is 0 Å². The van der Waals surface area contributed by atoms with Crippen molar-refractivity contribution in [3.05, 3.63) is 47.6 Å². The minimum absolute atomic E-state index is 0.115. The van der Waals surface area contributed by atoms with Gasteiger partial charge in [0.25, 0.3) is 0 Å². The van der Waals surface area contributed by atoms with Crippen LogP contribution in [0.5, 0.6) is 5.75 Å². The molecule has 0 fully saturated rings. The zero-order valence-electron chi connectivity index (χ0n) is 10.0. The van der Waals surface area contributed by atoms with Crippen molar-refractivity contribution in [2.75, 3.05) is 0 Å². The number of carbonyl (C=O) groups excluding carboxylic acids is 1. The summed E-state index contributed by atoms with van der Waals surface area (Å²) in [6.07, 6.45) is 4.42. The average molecular weight is 248 g/mol. The maximum Gasteiger partial charge on any atom is 0.154 e. The predicted molar refractivity (Wildman–Crippen MR) is 69.4 cm³/mol. The highest BCUT2D eigenvalue weighted by Gasteiger charge is 2.09. The number of hydrogen-bond donors (Lipinski definition) is 3. The summed E-state index contributed by atoms with van der Waals surface area (Å²) in [4.78, 5) is 10.8. The van der Waals surface area contributed by atoms with E-state index in [9.17, 15) is 20.1 Å². The Morgan fingerprint density at radius 1 is 1.17 bits per heavy atom. The van der Waals surface area contributed by atoms with Gasteiger partial charge in [-0.1, -0.05) is 36.4 Å². The predicted octanol–water partition coefficient (Wildman–Crippen LogP) is 1.52. The summed E-state index contributed by atoms with van der Waals surface area (Å²) < 4.78 is 0. The van der Waals surface area contributed by atoms with E-state index < -0.39 is 12.2 Å². The van der Waals surface area contributed by atoms with Crippen LogP contribution >= 0.6 is 0 Å². The first kappa shape index (κ1) is 14.2. The second-order valence-electron chi connectivity index (χ2n) is 3.76. The Morgan fingerprint density at radius 3 is 2.44 bits per heavy atom. The van der Waals surface area contributed by atoms with Crippen LogP contribution in [0, 0.1) is 0 Å². The van der Waals surface area contributed by atoms with Gasteiger partial charge in [-0.25, -0.2) is 0 Å². The molecule has 0 unspecified atom stereocenters. The quantitative estimate of drug-likeness (QED) is 0.545. The van der Waals surface area contributed by atoms with Gasteiger partial charge in [0.1, 0.15) is 18.0 Å². The Balaban J connectivity index is 2.91. The van der Waals surface area contributed by atoms with Gasteiger partial charge in [-0.2, -0.15) is 0 Å². The molecular weight excluding hydrogens is 232 g/mol. The molecular formula is C14H16O4. The Kier molecular flexibility index (Phi) is 5.30. The maximum atomic E-state index is 10.8. The number of hydrogen-bond acceptors (Lipinski definition) is 4. The van der Waals surface area contributed by atoms with Crippen molar-refractivity contribution in [2.24, 2.45) is 0 Å². The molecule has 1 aromatic carbocycles. The van der Waals surface area contributed by atoms with Gasteiger partial charge >= 0.3 is 0 Å². The monoisotopic (exact) mass is 248 g/mol. The summed E-state index contributed by atoms with van der Waals surface area (Å²) in [5.41, 5.74) is 0.637. The fourth-order valence-electron chi connectivity index (χ4n) is 1.47. The molecule has 0 aliphatic rings. The van der Waals surface area contributed by atoms with Crippen molar-refractivity contribution in [1.29, 1.82) is 0 Å². The van der Waals surface area contributed by atoms with E-state index in [-0.39, 0.29) is 11.3 Å². The van der Waals surface area contributed by atoms with Crippen molar-refractivity contribution < 1.29 is 20.1 Å². The molecule has 0 aliphatic heterocycles. The highest BCUT2D eigenvalue weighted by atomic mass is 16.3. The molecule has 0 saturated carbocycles. The molecule has 4 heteroatoms. The van der Waals surface area contributed by atoms with Crippen molar-refractivity contribution in [3.63, 3.8) is 0 Å². The van der Waals surface area contributed by atoms with Crippen LogP contribution in [0.4, 0.5) is 0 Å². The van der Waals surface area contributed by atoms with Crippen LogP contribution in [0.1, 0.15) is 22.8 Å². The lowest BCUT2D eigenvalue weighted by Gasteiger charge is -2.10. The minimum atomic E-state index is -1.07. The second-order valence-corrected chi connectivity index (χ2v) is 3.76. The molecule has 0 amide bonds. The second kappa shape index (κ2) is 6.74. The lowest BCUT2D eigenvalue weighted by atomic mass is 10.1. The number of aromatic hydroxyl groups is 1.